The molecule has 0 fully saturated rings. The highest BCUT2D eigenvalue weighted by atomic mass is 16.6. The average molecular weight is 996 g/mol. The van der Waals surface area contributed by atoms with Crippen LogP contribution in [0.4, 0.5) is 0 Å². The molecular weight excluding hydrogens is 889 g/mol. The first-order chi connectivity index (χ1) is 35.5. The van der Waals surface area contributed by atoms with Gasteiger partial charge in [-0.3, -0.25) is 14.4 Å². The van der Waals surface area contributed by atoms with Crippen LogP contribution in [0.25, 0.3) is 0 Å². The normalized spacial score (nSPS) is 13.1. The topological polar surface area (TPSA) is 78.9 Å². The highest BCUT2D eigenvalue weighted by Crippen LogP contribution is 2.14. The van der Waals surface area contributed by atoms with E-state index in [1.807, 2.05) is 0 Å². The van der Waals surface area contributed by atoms with Crippen LogP contribution in [-0.4, -0.2) is 37.2 Å². The molecule has 0 saturated heterocycles. The molecule has 0 rings (SSSR count). The third-order valence-electron chi connectivity index (χ3n) is 11.9. The number of carbonyl (C=O) groups is 3. The zero-order valence-electron chi connectivity index (χ0n) is 46.4. The Morgan fingerprint density at radius 2 is 0.542 bits per heavy atom. The van der Waals surface area contributed by atoms with Crippen LogP contribution in [0.2, 0.25) is 0 Å². The number of hydrogen-bond donors (Lipinski definition) is 0. The van der Waals surface area contributed by atoms with Crippen LogP contribution in [0.1, 0.15) is 245 Å². The van der Waals surface area contributed by atoms with Crippen molar-refractivity contribution in [1.82, 2.24) is 0 Å². The van der Waals surface area contributed by atoms with Gasteiger partial charge in [-0.05, 0) is 116 Å². The molecule has 0 heterocycles. The van der Waals surface area contributed by atoms with E-state index in [-0.39, 0.29) is 31.1 Å². The minimum absolute atomic E-state index is 0.103. The van der Waals surface area contributed by atoms with Gasteiger partial charge in [0.15, 0.2) is 6.10 Å². The summed E-state index contributed by atoms with van der Waals surface area (Å²) in [6.07, 6.45) is 83.0. The molecule has 0 saturated carbocycles. The van der Waals surface area contributed by atoms with Crippen molar-refractivity contribution in [3.8, 4) is 0 Å². The Bertz CT molecular complexity index is 1560. The Morgan fingerprint density at radius 3 is 0.875 bits per heavy atom. The lowest BCUT2D eigenvalue weighted by atomic mass is 10.0. The van der Waals surface area contributed by atoms with Crippen LogP contribution in [0, 0.1) is 0 Å². The van der Waals surface area contributed by atoms with Crippen LogP contribution in [-0.2, 0) is 28.6 Å². The van der Waals surface area contributed by atoms with Gasteiger partial charge in [-0.25, -0.2) is 0 Å². The summed E-state index contributed by atoms with van der Waals surface area (Å²) in [5, 5.41) is 0. The maximum atomic E-state index is 12.9. The Balaban J connectivity index is 4.50. The van der Waals surface area contributed by atoms with Gasteiger partial charge in [-0.15, -0.1) is 0 Å². The maximum Gasteiger partial charge on any atom is 0.306 e. The van der Waals surface area contributed by atoms with E-state index in [4.69, 9.17) is 14.2 Å². The van der Waals surface area contributed by atoms with E-state index >= 15 is 0 Å². The standard InChI is InChI=1S/C66H106O6/c1-4-7-10-13-16-19-22-25-27-29-31-33-35-37-39-41-44-47-50-53-56-59-65(68)71-62-63(61-70-64(67)58-55-52-49-46-43-24-21-18-15-12-9-6-3)72-66(69)60-57-54-51-48-45-42-40-38-36-34-32-30-28-26-23-20-17-14-11-8-5-2/h7-8,10-11,16-17,19-20,25-28,31-34,37-40,44,47,63H,4-6,9,12-15,18,21-24,29-30,35-36,41-43,45-46,48-62H2,1-3H3/b10-7-,11-8-,19-16-,20-17-,27-25-,28-26-,33-31-,34-32-,39-37-,40-38-,47-44-. The smallest absolute Gasteiger partial charge is 0.306 e. The van der Waals surface area contributed by atoms with E-state index in [1.54, 1.807) is 0 Å². The molecule has 72 heavy (non-hydrogen) atoms. The van der Waals surface area contributed by atoms with Crippen molar-refractivity contribution in [3.05, 3.63) is 134 Å². The summed E-state index contributed by atoms with van der Waals surface area (Å²) in [4.78, 5) is 38.2. The van der Waals surface area contributed by atoms with Crippen LogP contribution >= 0.6 is 0 Å². The molecule has 0 aromatic heterocycles. The summed E-state index contributed by atoms with van der Waals surface area (Å²) in [6, 6.07) is 0. The molecule has 0 aliphatic rings. The molecule has 0 amide bonds. The lowest BCUT2D eigenvalue weighted by molar-refractivity contribution is -0.167. The Labute approximate surface area is 443 Å². The van der Waals surface area contributed by atoms with Crippen molar-refractivity contribution in [1.29, 1.82) is 0 Å². The van der Waals surface area contributed by atoms with Gasteiger partial charge in [0.05, 0.1) is 0 Å². The molecule has 1 unspecified atom stereocenters. The summed E-state index contributed by atoms with van der Waals surface area (Å²) < 4.78 is 16.8. The summed E-state index contributed by atoms with van der Waals surface area (Å²) in [7, 11) is 0. The van der Waals surface area contributed by atoms with Crippen molar-refractivity contribution in [3.63, 3.8) is 0 Å². The molecule has 6 nitrogen and oxygen atoms in total. The molecule has 0 bridgehead atoms. The predicted molar refractivity (Wildman–Crippen MR) is 311 cm³/mol. The first-order valence-corrected chi connectivity index (χ1v) is 29.2. The molecule has 0 radical (unpaired) electrons. The fraction of sp³-hybridized carbons (Fsp3) is 0.621. The second-order valence-corrected chi connectivity index (χ2v) is 18.8. The largest absolute Gasteiger partial charge is 0.462 e. The van der Waals surface area contributed by atoms with Crippen LogP contribution in [0.5, 0.6) is 0 Å². The third kappa shape index (κ3) is 56.5. The van der Waals surface area contributed by atoms with E-state index in [0.29, 0.717) is 25.7 Å². The number of ether oxygens (including phenoxy) is 3. The number of carbonyl (C=O) groups excluding carboxylic acids is 3. The van der Waals surface area contributed by atoms with Gasteiger partial charge in [0.1, 0.15) is 13.2 Å². The Morgan fingerprint density at radius 1 is 0.292 bits per heavy atom. The van der Waals surface area contributed by atoms with E-state index in [0.717, 1.165) is 141 Å². The molecular formula is C66H106O6. The molecule has 6 heteroatoms. The number of hydrogen-bond acceptors (Lipinski definition) is 6. The van der Waals surface area contributed by atoms with Crippen molar-refractivity contribution in [2.45, 2.75) is 252 Å². The van der Waals surface area contributed by atoms with Gasteiger partial charge >= 0.3 is 17.9 Å². The molecule has 406 valence electrons. The zero-order chi connectivity index (χ0) is 52.2. The third-order valence-corrected chi connectivity index (χ3v) is 11.9. The van der Waals surface area contributed by atoms with Gasteiger partial charge < -0.3 is 14.2 Å². The van der Waals surface area contributed by atoms with Gasteiger partial charge in [-0.2, -0.15) is 0 Å². The fourth-order valence-corrected chi connectivity index (χ4v) is 7.59. The van der Waals surface area contributed by atoms with Crippen molar-refractivity contribution in [2.24, 2.45) is 0 Å². The maximum absolute atomic E-state index is 12.9. The first-order valence-electron chi connectivity index (χ1n) is 29.2. The molecule has 0 N–H and O–H groups in total. The van der Waals surface area contributed by atoms with E-state index in [2.05, 4.69) is 154 Å². The quantitative estimate of drug-likeness (QED) is 0.0261. The number of rotatable bonds is 51. The molecule has 0 aliphatic heterocycles. The molecule has 0 aromatic carbocycles. The van der Waals surface area contributed by atoms with E-state index in [9.17, 15) is 14.4 Å². The minimum atomic E-state index is -0.810. The highest BCUT2D eigenvalue weighted by Gasteiger charge is 2.19. The molecule has 0 aromatic rings. The summed E-state index contributed by atoms with van der Waals surface area (Å²) >= 11 is 0. The monoisotopic (exact) mass is 995 g/mol. The summed E-state index contributed by atoms with van der Waals surface area (Å²) in [5.74, 6) is -0.970. The summed E-state index contributed by atoms with van der Waals surface area (Å²) in [6.45, 7) is 6.35. The Kier molecular flexibility index (Phi) is 55.5. The summed E-state index contributed by atoms with van der Waals surface area (Å²) in [5.41, 5.74) is 0. The minimum Gasteiger partial charge on any atom is -0.462 e. The van der Waals surface area contributed by atoms with Gasteiger partial charge in [0.25, 0.3) is 0 Å². The van der Waals surface area contributed by atoms with Gasteiger partial charge in [-0.1, -0.05) is 244 Å². The SMILES string of the molecule is CC/C=C\C/C=C\C/C=C\C/C=C\C/C=C\C/C=C\CCCCC(=O)OCC(COC(=O)CCCCCCCCCCCCCC)OC(=O)CCCCCCC/C=C\C/C=C\C/C=C\C/C=C\C/C=C\CC. The molecule has 0 spiro atoms. The molecule has 1 atom stereocenters. The molecule has 0 aliphatic carbocycles. The van der Waals surface area contributed by atoms with Crippen LogP contribution in [0.15, 0.2) is 134 Å². The zero-order valence-corrected chi connectivity index (χ0v) is 46.4. The van der Waals surface area contributed by atoms with Crippen LogP contribution in [0.3, 0.4) is 0 Å². The van der Waals surface area contributed by atoms with Gasteiger partial charge in [0, 0.05) is 19.3 Å². The lowest BCUT2D eigenvalue weighted by Gasteiger charge is -2.18. The lowest BCUT2D eigenvalue weighted by Crippen LogP contribution is -2.30. The van der Waals surface area contributed by atoms with Gasteiger partial charge in [0.2, 0.25) is 0 Å². The Hall–Kier alpha value is -4.45. The number of unbranched alkanes of at least 4 members (excludes halogenated alkanes) is 18. The second-order valence-electron chi connectivity index (χ2n) is 18.8. The fourth-order valence-electron chi connectivity index (χ4n) is 7.59. The second kappa shape index (κ2) is 59.1. The van der Waals surface area contributed by atoms with Crippen molar-refractivity contribution >= 4 is 17.9 Å². The number of allylic oxidation sites excluding steroid dienone is 22. The van der Waals surface area contributed by atoms with E-state index in [1.165, 1.54) is 57.8 Å². The highest BCUT2D eigenvalue weighted by molar-refractivity contribution is 5.71. The number of esters is 3. The van der Waals surface area contributed by atoms with E-state index < -0.39 is 6.10 Å². The average Bonchev–Trinajstić information content (AvgIpc) is 3.38. The van der Waals surface area contributed by atoms with Crippen molar-refractivity contribution in [2.75, 3.05) is 13.2 Å². The predicted octanol–water partition coefficient (Wildman–Crippen LogP) is 19.8. The van der Waals surface area contributed by atoms with Crippen molar-refractivity contribution < 1.29 is 28.6 Å². The van der Waals surface area contributed by atoms with Crippen LogP contribution < -0.4 is 0 Å². The first kappa shape index (κ1) is 67.5.